The minimum absolute atomic E-state index is 0.00240. The van der Waals surface area contributed by atoms with E-state index in [4.69, 9.17) is 9.47 Å². The number of nitro groups is 1. The number of hydrogen-bond acceptors (Lipinski definition) is 8. The summed E-state index contributed by atoms with van der Waals surface area (Å²) in [6, 6.07) is 6.91. The van der Waals surface area contributed by atoms with Crippen molar-refractivity contribution in [2.45, 2.75) is 20.8 Å². The Kier molecular flexibility index (Phi) is 8.09. The molecule has 9 nitrogen and oxygen atoms in total. The van der Waals surface area contributed by atoms with Crippen LogP contribution >= 0.6 is 0 Å². The molecule has 2 aromatic rings. The van der Waals surface area contributed by atoms with Crippen molar-refractivity contribution in [2.24, 2.45) is 0 Å². The lowest BCUT2D eigenvalue weighted by molar-refractivity contribution is -0.384. The Morgan fingerprint density at radius 1 is 1.13 bits per heavy atom. The molecule has 0 saturated heterocycles. The van der Waals surface area contributed by atoms with Gasteiger partial charge in [-0.15, -0.1) is 0 Å². The first-order valence-corrected chi connectivity index (χ1v) is 9.84. The maximum Gasteiger partial charge on any atom is 0.342 e. The largest absolute Gasteiger partial charge is 0.507 e. The van der Waals surface area contributed by atoms with Crippen molar-refractivity contribution in [3.8, 4) is 16.9 Å². The molecule has 0 aliphatic carbocycles. The Balaban J connectivity index is 2.68. The molecule has 0 saturated carbocycles. The van der Waals surface area contributed by atoms with Crippen LogP contribution in [0, 0.1) is 17.0 Å². The van der Waals surface area contributed by atoms with E-state index in [1.54, 1.807) is 6.92 Å². The van der Waals surface area contributed by atoms with Crippen molar-refractivity contribution >= 4 is 17.6 Å². The minimum Gasteiger partial charge on any atom is -0.507 e. The third-order valence-electron chi connectivity index (χ3n) is 5.00. The van der Waals surface area contributed by atoms with Crippen molar-refractivity contribution in [3.05, 3.63) is 57.1 Å². The number of aromatic hydroxyl groups is 1. The Hall–Kier alpha value is -3.46. The Morgan fingerprint density at radius 3 is 2.35 bits per heavy atom. The van der Waals surface area contributed by atoms with E-state index >= 15 is 0 Å². The molecule has 2 aromatic carbocycles. The van der Waals surface area contributed by atoms with Crippen molar-refractivity contribution in [1.29, 1.82) is 0 Å². The zero-order valence-electron chi connectivity index (χ0n) is 18.0. The number of para-hydroxylation sites is 1. The summed E-state index contributed by atoms with van der Waals surface area (Å²) in [6.45, 7) is 7.74. The highest BCUT2D eigenvalue weighted by Gasteiger charge is 2.31. The summed E-state index contributed by atoms with van der Waals surface area (Å²) in [5, 5.41) is 22.1. The van der Waals surface area contributed by atoms with E-state index in [0.717, 1.165) is 20.2 Å². The number of nitro benzene ring substituents is 1. The summed E-state index contributed by atoms with van der Waals surface area (Å²) in [7, 11) is 1.12. The van der Waals surface area contributed by atoms with Crippen LogP contribution in [0.1, 0.15) is 40.1 Å². The molecule has 0 radical (unpaired) electrons. The van der Waals surface area contributed by atoms with E-state index < -0.39 is 22.6 Å². The van der Waals surface area contributed by atoms with Gasteiger partial charge in [-0.25, -0.2) is 9.59 Å². The quantitative estimate of drug-likeness (QED) is 0.364. The van der Waals surface area contributed by atoms with Gasteiger partial charge >= 0.3 is 11.9 Å². The molecule has 1 N–H and O–H groups in total. The molecule has 0 aliphatic rings. The number of likely N-dealkylation sites (N-methyl/N-ethyl adjacent to an activating group) is 1. The summed E-state index contributed by atoms with van der Waals surface area (Å²) < 4.78 is 10.2. The Bertz CT molecular complexity index is 984. The summed E-state index contributed by atoms with van der Waals surface area (Å²) in [6.07, 6.45) is 0. The second-order valence-electron chi connectivity index (χ2n) is 6.77. The second kappa shape index (κ2) is 10.5. The third kappa shape index (κ3) is 5.18. The predicted molar refractivity (Wildman–Crippen MR) is 114 cm³/mol. The third-order valence-corrected chi connectivity index (χ3v) is 5.00. The number of phenols is 1. The number of ether oxygens (including phenoxy) is 2. The smallest absolute Gasteiger partial charge is 0.342 e. The molecular formula is C22H26N2O7. The maximum absolute atomic E-state index is 13.0. The average molecular weight is 430 g/mol. The van der Waals surface area contributed by atoms with Crippen LogP contribution in [0.15, 0.2) is 30.3 Å². The summed E-state index contributed by atoms with van der Waals surface area (Å²) >= 11 is 0. The van der Waals surface area contributed by atoms with Crippen LogP contribution in [-0.2, 0) is 9.47 Å². The first-order valence-electron chi connectivity index (χ1n) is 9.84. The molecule has 31 heavy (non-hydrogen) atoms. The number of hydrogen-bond donors (Lipinski definition) is 1. The van der Waals surface area contributed by atoms with E-state index in [1.165, 1.54) is 30.3 Å². The zero-order chi connectivity index (χ0) is 23.1. The number of rotatable bonds is 9. The summed E-state index contributed by atoms with van der Waals surface area (Å²) in [5.41, 5.74) is -0.474. The number of carbonyl (C=O) groups excluding carboxylic acids is 2. The molecule has 0 unspecified atom stereocenters. The summed E-state index contributed by atoms with van der Waals surface area (Å²) in [4.78, 5) is 38.6. The fourth-order valence-corrected chi connectivity index (χ4v) is 3.36. The van der Waals surface area contributed by atoms with Gasteiger partial charge in [0.25, 0.3) is 5.69 Å². The molecule has 0 aromatic heterocycles. The van der Waals surface area contributed by atoms with E-state index in [0.29, 0.717) is 12.1 Å². The number of carbonyl (C=O) groups is 2. The molecule has 0 spiro atoms. The normalized spacial score (nSPS) is 10.7. The lowest BCUT2D eigenvalue weighted by Gasteiger charge is -2.19. The van der Waals surface area contributed by atoms with Crippen molar-refractivity contribution in [3.63, 3.8) is 0 Å². The topological polar surface area (TPSA) is 119 Å². The van der Waals surface area contributed by atoms with Crippen LogP contribution in [0.4, 0.5) is 5.69 Å². The average Bonchev–Trinajstić information content (AvgIpc) is 2.75. The highest BCUT2D eigenvalue weighted by Crippen LogP contribution is 2.40. The van der Waals surface area contributed by atoms with Gasteiger partial charge in [-0.3, -0.25) is 10.1 Å². The molecule has 9 heteroatoms. The zero-order valence-corrected chi connectivity index (χ0v) is 18.0. The predicted octanol–water partition coefficient (Wildman–Crippen LogP) is 3.56. The molecule has 0 aliphatic heterocycles. The number of esters is 2. The van der Waals surface area contributed by atoms with Gasteiger partial charge < -0.3 is 19.5 Å². The van der Waals surface area contributed by atoms with Gasteiger partial charge in [0, 0.05) is 18.2 Å². The fourth-order valence-electron chi connectivity index (χ4n) is 3.36. The molecule has 2 rings (SSSR count). The van der Waals surface area contributed by atoms with E-state index in [2.05, 4.69) is 4.90 Å². The molecule has 0 bridgehead atoms. The first-order chi connectivity index (χ1) is 14.8. The number of aryl methyl sites for hydroxylation is 1. The standard InChI is InChI=1S/C22H26N2O7/c1-5-23(6-2)11-12-31-22(27)18-14(3)13-17(25)20(21(26)30-4)19(18)15-9-7-8-10-16(15)24(28)29/h7-10,13,25H,5-6,11-12H2,1-4H3. The Morgan fingerprint density at radius 2 is 1.77 bits per heavy atom. The van der Waals surface area contributed by atoms with Gasteiger partial charge in [-0.2, -0.15) is 0 Å². The number of phenolic OH excluding ortho intramolecular Hbond substituents is 1. The summed E-state index contributed by atoms with van der Waals surface area (Å²) in [5.74, 6) is -2.12. The van der Waals surface area contributed by atoms with Crippen LogP contribution in [-0.4, -0.2) is 60.2 Å². The van der Waals surface area contributed by atoms with Gasteiger partial charge in [0.15, 0.2) is 0 Å². The minimum atomic E-state index is -0.928. The first kappa shape index (κ1) is 23.8. The van der Waals surface area contributed by atoms with Gasteiger partial charge in [0.1, 0.15) is 17.9 Å². The maximum atomic E-state index is 13.0. The monoisotopic (exact) mass is 430 g/mol. The highest BCUT2D eigenvalue weighted by molar-refractivity contribution is 6.09. The lowest BCUT2D eigenvalue weighted by Crippen LogP contribution is -2.28. The van der Waals surface area contributed by atoms with Crippen LogP contribution in [0.2, 0.25) is 0 Å². The number of nitrogens with zero attached hydrogens (tertiary/aromatic N) is 2. The SMILES string of the molecule is CCN(CC)CCOC(=O)c1c(C)cc(O)c(C(=O)OC)c1-c1ccccc1[N+](=O)[O-]. The van der Waals surface area contributed by atoms with E-state index in [9.17, 15) is 24.8 Å². The van der Waals surface area contributed by atoms with Crippen molar-refractivity contribution < 1.29 is 29.1 Å². The fraction of sp³-hybridized carbons (Fsp3) is 0.364. The van der Waals surface area contributed by atoms with Crippen LogP contribution < -0.4 is 0 Å². The van der Waals surface area contributed by atoms with E-state index in [1.807, 2.05) is 13.8 Å². The Labute approximate surface area is 180 Å². The molecule has 0 amide bonds. The van der Waals surface area contributed by atoms with Gasteiger partial charge in [0.2, 0.25) is 0 Å². The molecule has 0 atom stereocenters. The second-order valence-corrected chi connectivity index (χ2v) is 6.77. The van der Waals surface area contributed by atoms with Crippen molar-refractivity contribution in [2.75, 3.05) is 33.4 Å². The molecular weight excluding hydrogens is 404 g/mol. The van der Waals surface area contributed by atoms with Crippen LogP contribution in [0.25, 0.3) is 11.1 Å². The molecule has 0 heterocycles. The molecule has 0 fully saturated rings. The van der Waals surface area contributed by atoms with Gasteiger partial charge in [-0.05, 0) is 37.7 Å². The van der Waals surface area contributed by atoms with E-state index in [-0.39, 0.29) is 34.5 Å². The number of benzene rings is 2. The lowest BCUT2D eigenvalue weighted by atomic mass is 9.89. The van der Waals surface area contributed by atoms with Crippen LogP contribution in [0.5, 0.6) is 5.75 Å². The van der Waals surface area contributed by atoms with Crippen LogP contribution in [0.3, 0.4) is 0 Å². The van der Waals surface area contributed by atoms with Gasteiger partial charge in [-0.1, -0.05) is 26.0 Å². The highest BCUT2D eigenvalue weighted by atomic mass is 16.6. The van der Waals surface area contributed by atoms with Crippen molar-refractivity contribution in [1.82, 2.24) is 4.90 Å². The van der Waals surface area contributed by atoms with Gasteiger partial charge in [0.05, 0.1) is 23.2 Å². The number of methoxy groups -OCH3 is 1. The molecule has 166 valence electrons.